The summed E-state index contributed by atoms with van der Waals surface area (Å²) in [4.78, 5) is 12.1. The lowest BCUT2D eigenvalue weighted by molar-refractivity contribution is -0.0690. The molecule has 0 aromatic heterocycles. The van der Waals surface area contributed by atoms with Crippen LogP contribution in [0.25, 0.3) is 0 Å². The zero-order valence-electron chi connectivity index (χ0n) is 15.0. The highest BCUT2D eigenvalue weighted by Crippen LogP contribution is 2.37. The Bertz CT molecular complexity index is 602. The highest BCUT2D eigenvalue weighted by Gasteiger charge is 2.46. The minimum Gasteiger partial charge on any atom is -0.494 e. The van der Waals surface area contributed by atoms with Crippen LogP contribution in [0.2, 0.25) is 0 Å². The molecular weight excluding hydrogens is 311 g/mol. The van der Waals surface area contributed by atoms with Gasteiger partial charge in [-0.05, 0) is 58.2 Å². The van der Waals surface area contributed by atoms with Gasteiger partial charge in [0.05, 0.1) is 24.4 Å². The highest BCUT2D eigenvalue weighted by atomic mass is 19.1. The number of ether oxygens (including phenoxy) is 2. The summed E-state index contributed by atoms with van der Waals surface area (Å²) in [7, 11) is 1.43. The van der Waals surface area contributed by atoms with Gasteiger partial charge in [-0.3, -0.25) is 0 Å². The molecule has 1 aromatic rings. The van der Waals surface area contributed by atoms with Crippen molar-refractivity contribution in [3.63, 3.8) is 0 Å². The molecule has 6 heteroatoms. The molecule has 1 atom stereocenters. The lowest BCUT2D eigenvalue weighted by Gasteiger charge is -2.27. The molecule has 1 saturated heterocycles. The molecule has 0 saturated carbocycles. The molecule has 134 valence electrons. The molecule has 1 unspecified atom stereocenters. The largest absolute Gasteiger partial charge is 0.494 e. The van der Waals surface area contributed by atoms with Crippen LogP contribution in [0, 0.1) is 5.82 Å². The first kappa shape index (κ1) is 18.5. The fraction of sp³-hybridized carbons (Fsp3) is 0.611. The van der Waals surface area contributed by atoms with Crippen molar-refractivity contribution >= 4 is 6.03 Å². The number of rotatable bonds is 5. The maximum atomic E-state index is 13.6. The molecule has 2 rings (SSSR count). The predicted octanol–water partition coefficient (Wildman–Crippen LogP) is 3.02. The number of carbonyl (C=O) groups excluding carboxylic acids is 1. The van der Waals surface area contributed by atoms with Gasteiger partial charge < -0.3 is 20.1 Å². The number of amides is 2. The molecule has 0 aliphatic carbocycles. The third kappa shape index (κ3) is 4.60. The van der Waals surface area contributed by atoms with Crippen molar-refractivity contribution in [2.24, 2.45) is 0 Å². The average Bonchev–Trinajstić information content (AvgIpc) is 2.66. The molecule has 1 heterocycles. The van der Waals surface area contributed by atoms with E-state index in [1.807, 2.05) is 27.7 Å². The zero-order chi connectivity index (χ0) is 18.0. The van der Waals surface area contributed by atoms with Crippen molar-refractivity contribution in [2.75, 3.05) is 13.7 Å². The third-order valence-corrected chi connectivity index (χ3v) is 4.29. The standard InChI is InChI=1S/C18H27FN2O3/c1-17(2)11-15(18(3,4)24-17)21-16(22)20-9-8-12-6-7-14(23-5)13(19)10-12/h6-7,10,15H,8-9,11H2,1-5H3,(H2,20,21,22). The Balaban J connectivity index is 1.81. The zero-order valence-corrected chi connectivity index (χ0v) is 15.0. The van der Waals surface area contributed by atoms with Gasteiger partial charge in [0, 0.05) is 6.54 Å². The van der Waals surface area contributed by atoms with Gasteiger partial charge in [-0.1, -0.05) is 6.07 Å². The van der Waals surface area contributed by atoms with Crippen molar-refractivity contribution in [3.8, 4) is 5.75 Å². The van der Waals surface area contributed by atoms with Crippen LogP contribution in [0.5, 0.6) is 5.75 Å². The third-order valence-electron chi connectivity index (χ3n) is 4.29. The van der Waals surface area contributed by atoms with Crippen molar-refractivity contribution in [3.05, 3.63) is 29.6 Å². The number of hydrogen-bond donors (Lipinski definition) is 2. The SMILES string of the molecule is COc1ccc(CCNC(=O)NC2CC(C)(C)OC2(C)C)cc1F. The molecule has 24 heavy (non-hydrogen) atoms. The second-order valence-corrected chi connectivity index (χ2v) is 7.34. The Kier molecular flexibility index (Phi) is 5.38. The van der Waals surface area contributed by atoms with Crippen molar-refractivity contribution in [2.45, 2.75) is 57.8 Å². The Morgan fingerprint density at radius 3 is 2.62 bits per heavy atom. The van der Waals surface area contributed by atoms with Crippen LogP contribution >= 0.6 is 0 Å². The quantitative estimate of drug-likeness (QED) is 0.868. The lowest BCUT2D eigenvalue weighted by Crippen LogP contribution is -2.50. The fourth-order valence-electron chi connectivity index (χ4n) is 3.18. The van der Waals surface area contributed by atoms with Crippen LogP contribution in [-0.4, -0.2) is 36.9 Å². The maximum Gasteiger partial charge on any atom is 0.315 e. The van der Waals surface area contributed by atoms with Gasteiger partial charge in [0.1, 0.15) is 0 Å². The van der Waals surface area contributed by atoms with E-state index in [1.54, 1.807) is 12.1 Å². The molecular formula is C18H27FN2O3. The summed E-state index contributed by atoms with van der Waals surface area (Å²) in [5, 5.41) is 5.78. The molecule has 1 aliphatic rings. The molecule has 2 amide bonds. The summed E-state index contributed by atoms with van der Waals surface area (Å²) >= 11 is 0. The van der Waals surface area contributed by atoms with Gasteiger partial charge in [-0.15, -0.1) is 0 Å². The number of carbonyl (C=O) groups is 1. The van der Waals surface area contributed by atoms with E-state index in [-0.39, 0.29) is 23.4 Å². The molecule has 5 nitrogen and oxygen atoms in total. The lowest BCUT2D eigenvalue weighted by atomic mass is 9.95. The fourth-order valence-corrected chi connectivity index (χ4v) is 3.18. The molecule has 2 N–H and O–H groups in total. The van der Waals surface area contributed by atoms with Crippen LogP contribution in [-0.2, 0) is 11.2 Å². The summed E-state index contributed by atoms with van der Waals surface area (Å²) in [5.74, 6) is -0.179. The second-order valence-electron chi connectivity index (χ2n) is 7.34. The first-order valence-corrected chi connectivity index (χ1v) is 8.20. The molecule has 0 bridgehead atoms. The van der Waals surface area contributed by atoms with Crippen molar-refractivity contribution in [1.82, 2.24) is 10.6 Å². The second kappa shape index (κ2) is 6.97. The van der Waals surface area contributed by atoms with Crippen LogP contribution in [0.3, 0.4) is 0 Å². The number of urea groups is 1. The summed E-state index contributed by atoms with van der Waals surface area (Å²) in [6.45, 7) is 8.42. The minimum absolute atomic E-state index is 0.0501. The Morgan fingerprint density at radius 2 is 2.08 bits per heavy atom. The molecule has 1 aliphatic heterocycles. The molecule has 1 aromatic carbocycles. The number of benzene rings is 1. The van der Waals surface area contributed by atoms with Gasteiger partial charge in [-0.25, -0.2) is 9.18 Å². The van der Waals surface area contributed by atoms with Gasteiger partial charge in [0.15, 0.2) is 11.6 Å². The smallest absolute Gasteiger partial charge is 0.315 e. The number of hydrogen-bond acceptors (Lipinski definition) is 3. The monoisotopic (exact) mass is 338 g/mol. The van der Waals surface area contributed by atoms with Gasteiger partial charge in [0.25, 0.3) is 0 Å². The maximum absolute atomic E-state index is 13.6. The van der Waals surface area contributed by atoms with E-state index in [2.05, 4.69) is 10.6 Å². The number of nitrogens with one attached hydrogen (secondary N) is 2. The highest BCUT2D eigenvalue weighted by molar-refractivity contribution is 5.74. The Labute approximate surface area is 142 Å². The topological polar surface area (TPSA) is 59.6 Å². The Morgan fingerprint density at radius 1 is 1.38 bits per heavy atom. The number of halogens is 1. The summed E-state index contributed by atoms with van der Waals surface area (Å²) in [6, 6.07) is 4.52. The molecule has 0 spiro atoms. The average molecular weight is 338 g/mol. The first-order valence-electron chi connectivity index (χ1n) is 8.20. The number of methoxy groups -OCH3 is 1. The van der Waals surface area contributed by atoms with Crippen LogP contribution in [0.1, 0.15) is 39.7 Å². The van der Waals surface area contributed by atoms with Gasteiger partial charge >= 0.3 is 6.03 Å². The van der Waals surface area contributed by atoms with Crippen molar-refractivity contribution in [1.29, 1.82) is 0 Å². The summed E-state index contributed by atoms with van der Waals surface area (Å²) in [6.07, 6.45) is 1.31. The Hall–Kier alpha value is -1.82. The van der Waals surface area contributed by atoms with E-state index in [9.17, 15) is 9.18 Å². The predicted molar refractivity (Wildman–Crippen MR) is 90.8 cm³/mol. The summed E-state index contributed by atoms with van der Waals surface area (Å²) in [5.41, 5.74) is 0.154. The van der Waals surface area contributed by atoms with E-state index in [0.717, 1.165) is 12.0 Å². The van der Waals surface area contributed by atoms with Gasteiger partial charge in [-0.2, -0.15) is 0 Å². The van der Waals surface area contributed by atoms with Crippen LogP contribution in [0.15, 0.2) is 18.2 Å². The van der Waals surface area contributed by atoms with E-state index in [0.29, 0.717) is 13.0 Å². The van der Waals surface area contributed by atoms with Crippen LogP contribution in [0.4, 0.5) is 9.18 Å². The normalized spacial score (nSPS) is 21.3. The van der Waals surface area contributed by atoms with Crippen molar-refractivity contribution < 1.29 is 18.7 Å². The van der Waals surface area contributed by atoms with E-state index in [4.69, 9.17) is 9.47 Å². The minimum atomic E-state index is -0.403. The van der Waals surface area contributed by atoms with Gasteiger partial charge in [0.2, 0.25) is 0 Å². The molecule has 0 radical (unpaired) electrons. The molecule has 1 fully saturated rings. The van der Waals surface area contributed by atoms with Crippen LogP contribution < -0.4 is 15.4 Å². The van der Waals surface area contributed by atoms with E-state index < -0.39 is 11.4 Å². The van der Waals surface area contributed by atoms with E-state index >= 15 is 0 Å². The first-order chi connectivity index (χ1) is 11.1. The van der Waals surface area contributed by atoms with E-state index in [1.165, 1.54) is 13.2 Å². The summed E-state index contributed by atoms with van der Waals surface area (Å²) < 4.78 is 24.5.